The first kappa shape index (κ1) is 19.3. The number of sulfonamides is 1. The minimum Gasteiger partial charge on any atom is -0.349 e. The molecule has 27 heavy (non-hydrogen) atoms. The number of hydrogen-bond acceptors (Lipinski definition) is 4. The Hall–Kier alpha value is -2.45. The zero-order valence-electron chi connectivity index (χ0n) is 15.3. The Bertz CT molecular complexity index is 922. The minimum absolute atomic E-state index is 0.196. The van der Waals surface area contributed by atoms with Crippen molar-refractivity contribution in [1.29, 1.82) is 0 Å². The Morgan fingerprint density at radius 3 is 2.74 bits per heavy atom. The molecule has 1 aromatic carbocycles. The largest absolute Gasteiger partial charge is 0.349 e. The van der Waals surface area contributed by atoms with Crippen LogP contribution in [0.5, 0.6) is 0 Å². The third-order valence-electron chi connectivity index (χ3n) is 4.75. The fourth-order valence-electron chi connectivity index (χ4n) is 3.32. The second-order valence-corrected chi connectivity index (χ2v) is 8.52. The topological polar surface area (TPSA) is 84.3 Å². The second kappa shape index (κ2) is 8.06. The highest BCUT2D eigenvalue weighted by Gasteiger charge is 2.32. The van der Waals surface area contributed by atoms with E-state index < -0.39 is 10.0 Å². The maximum Gasteiger partial charge on any atom is 0.246 e. The van der Waals surface area contributed by atoms with E-state index in [1.165, 1.54) is 16.6 Å². The molecule has 1 atom stereocenters. The second-order valence-electron chi connectivity index (χ2n) is 6.61. The molecular formula is C19H24N4O3S. The number of carbonyl (C=O) groups is 1. The van der Waals surface area contributed by atoms with Crippen molar-refractivity contribution in [3.8, 4) is 5.69 Å². The van der Waals surface area contributed by atoms with E-state index in [2.05, 4.69) is 17.0 Å². The van der Waals surface area contributed by atoms with Gasteiger partial charge < -0.3 is 5.32 Å². The summed E-state index contributed by atoms with van der Waals surface area (Å²) < 4.78 is 29.6. The molecule has 0 bridgehead atoms. The van der Waals surface area contributed by atoms with Crippen LogP contribution in [0, 0.1) is 6.92 Å². The van der Waals surface area contributed by atoms with Crippen molar-refractivity contribution in [2.75, 3.05) is 13.1 Å². The summed E-state index contributed by atoms with van der Waals surface area (Å²) in [5.74, 6) is -0.285. The summed E-state index contributed by atoms with van der Waals surface area (Å²) in [7, 11) is -3.71. The highest BCUT2D eigenvalue weighted by molar-refractivity contribution is 7.89. The van der Waals surface area contributed by atoms with E-state index in [0.29, 0.717) is 12.2 Å². The van der Waals surface area contributed by atoms with Gasteiger partial charge in [-0.05, 0) is 38.0 Å². The average Bonchev–Trinajstić information content (AvgIpc) is 2.90. The Morgan fingerprint density at radius 1 is 1.30 bits per heavy atom. The first-order valence-corrected chi connectivity index (χ1v) is 10.4. The summed E-state index contributed by atoms with van der Waals surface area (Å²) in [6, 6.07) is 9.19. The lowest BCUT2D eigenvalue weighted by Crippen LogP contribution is -2.44. The van der Waals surface area contributed by atoms with Crippen LogP contribution in [0.3, 0.4) is 0 Å². The predicted octanol–water partition coefficient (Wildman–Crippen LogP) is 2.03. The van der Waals surface area contributed by atoms with E-state index >= 15 is 0 Å². The van der Waals surface area contributed by atoms with Crippen molar-refractivity contribution in [2.45, 2.75) is 37.1 Å². The Labute approximate surface area is 159 Å². The molecule has 1 unspecified atom stereocenters. The van der Waals surface area contributed by atoms with E-state index in [9.17, 15) is 13.2 Å². The molecule has 0 radical (unpaired) electrons. The van der Waals surface area contributed by atoms with Crippen molar-refractivity contribution < 1.29 is 13.2 Å². The number of rotatable bonds is 5. The number of amides is 1. The van der Waals surface area contributed by atoms with Crippen LogP contribution in [0.2, 0.25) is 0 Å². The summed E-state index contributed by atoms with van der Waals surface area (Å²) in [6.07, 6.45) is 4.97. The van der Waals surface area contributed by atoms with E-state index in [1.807, 2.05) is 30.3 Å². The molecule has 1 aliphatic heterocycles. The summed E-state index contributed by atoms with van der Waals surface area (Å²) in [6.45, 7) is 5.88. The molecule has 2 heterocycles. The average molecular weight is 388 g/mol. The molecule has 1 aliphatic rings. The van der Waals surface area contributed by atoms with Gasteiger partial charge in [-0.15, -0.1) is 0 Å². The van der Waals surface area contributed by atoms with Crippen molar-refractivity contribution in [3.63, 3.8) is 0 Å². The number of carbonyl (C=O) groups excluding carboxylic acids is 1. The lowest BCUT2D eigenvalue weighted by molar-refractivity contribution is -0.117. The zero-order valence-corrected chi connectivity index (χ0v) is 16.2. The third kappa shape index (κ3) is 4.12. The fourth-order valence-corrected chi connectivity index (χ4v) is 4.98. The van der Waals surface area contributed by atoms with E-state index in [4.69, 9.17) is 0 Å². The summed E-state index contributed by atoms with van der Waals surface area (Å²) in [4.78, 5) is 11.8. The van der Waals surface area contributed by atoms with Gasteiger partial charge in [0, 0.05) is 19.1 Å². The van der Waals surface area contributed by atoms with Gasteiger partial charge in [-0.25, -0.2) is 13.1 Å². The van der Waals surface area contributed by atoms with Crippen molar-refractivity contribution >= 4 is 15.9 Å². The third-order valence-corrected chi connectivity index (χ3v) is 6.72. The van der Waals surface area contributed by atoms with Crippen LogP contribution in [0.1, 0.15) is 25.0 Å². The fraction of sp³-hybridized carbons (Fsp3) is 0.368. The van der Waals surface area contributed by atoms with Gasteiger partial charge in [0.2, 0.25) is 15.9 Å². The number of hydrogen-bond donors (Lipinski definition) is 1. The highest BCUT2D eigenvalue weighted by Crippen LogP contribution is 2.24. The van der Waals surface area contributed by atoms with Crippen LogP contribution in [0.4, 0.5) is 0 Å². The van der Waals surface area contributed by atoms with Crippen LogP contribution in [-0.2, 0) is 14.8 Å². The summed E-state index contributed by atoms with van der Waals surface area (Å²) in [5, 5.41) is 7.10. The van der Waals surface area contributed by atoms with Crippen LogP contribution in [-0.4, -0.2) is 47.5 Å². The van der Waals surface area contributed by atoms with Gasteiger partial charge in [0.05, 0.1) is 17.6 Å². The molecule has 1 N–H and O–H groups in total. The molecule has 1 saturated heterocycles. The molecule has 144 valence electrons. The molecule has 1 amide bonds. The van der Waals surface area contributed by atoms with E-state index in [-0.39, 0.29) is 23.4 Å². The lowest BCUT2D eigenvalue weighted by Gasteiger charge is -2.24. The minimum atomic E-state index is -3.71. The number of nitrogens with one attached hydrogen (secondary N) is 1. The number of nitrogens with zero attached hydrogens (tertiary/aromatic N) is 3. The SMILES string of the molecule is C=CC(=O)NC1CCCCN(S(=O)(=O)c2cnn(-c3ccccc3)c2C)C1. The Balaban J connectivity index is 1.88. The molecule has 1 fully saturated rings. The molecule has 0 saturated carbocycles. The quantitative estimate of drug-likeness (QED) is 0.795. The van der Waals surface area contributed by atoms with Gasteiger partial charge in [-0.1, -0.05) is 31.2 Å². The van der Waals surface area contributed by atoms with Crippen LogP contribution >= 0.6 is 0 Å². The normalized spacial score (nSPS) is 18.6. The number of aromatic nitrogens is 2. The van der Waals surface area contributed by atoms with Crippen molar-refractivity contribution in [3.05, 3.63) is 54.9 Å². The predicted molar refractivity (Wildman–Crippen MR) is 103 cm³/mol. The summed E-state index contributed by atoms with van der Waals surface area (Å²) in [5.41, 5.74) is 1.38. The molecule has 0 aliphatic carbocycles. The maximum absolute atomic E-state index is 13.2. The van der Waals surface area contributed by atoms with Gasteiger partial charge in [0.1, 0.15) is 4.90 Å². The van der Waals surface area contributed by atoms with Gasteiger partial charge >= 0.3 is 0 Å². The molecule has 2 aromatic rings. The Morgan fingerprint density at radius 2 is 2.04 bits per heavy atom. The molecule has 3 rings (SSSR count). The van der Waals surface area contributed by atoms with Gasteiger partial charge in [-0.2, -0.15) is 9.40 Å². The van der Waals surface area contributed by atoms with Crippen molar-refractivity contribution in [2.24, 2.45) is 0 Å². The van der Waals surface area contributed by atoms with Gasteiger partial charge in [0.25, 0.3) is 0 Å². The monoisotopic (exact) mass is 388 g/mol. The van der Waals surface area contributed by atoms with Crippen LogP contribution in [0.15, 0.2) is 54.1 Å². The first-order valence-electron chi connectivity index (χ1n) is 8.96. The molecule has 0 spiro atoms. The van der Waals surface area contributed by atoms with Crippen LogP contribution < -0.4 is 5.32 Å². The van der Waals surface area contributed by atoms with Crippen molar-refractivity contribution in [1.82, 2.24) is 19.4 Å². The smallest absolute Gasteiger partial charge is 0.246 e. The lowest BCUT2D eigenvalue weighted by atomic mass is 10.1. The van der Waals surface area contributed by atoms with E-state index in [0.717, 1.165) is 24.9 Å². The first-order chi connectivity index (χ1) is 12.9. The standard InChI is InChI=1S/C19H24N4O3S/c1-3-19(24)21-16-9-7-8-12-22(14-16)27(25,26)18-13-20-23(15(18)2)17-10-5-4-6-11-17/h3-6,10-11,13,16H,1,7-9,12,14H2,2H3,(H,21,24). The van der Waals surface area contributed by atoms with Gasteiger partial charge in [-0.3, -0.25) is 4.79 Å². The molecular weight excluding hydrogens is 364 g/mol. The summed E-state index contributed by atoms with van der Waals surface area (Å²) >= 11 is 0. The molecule has 1 aromatic heterocycles. The highest BCUT2D eigenvalue weighted by atomic mass is 32.2. The number of para-hydroxylation sites is 1. The van der Waals surface area contributed by atoms with Crippen LogP contribution in [0.25, 0.3) is 5.69 Å². The Kier molecular flexibility index (Phi) is 5.76. The zero-order chi connectivity index (χ0) is 19.4. The van der Waals surface area contributed by atoms with Gasteiger partial charge in [0.15, 0.2) is 0 Å². The molecule has 7 nitrogen and oxygen atoms in total. The molecule has 8 heteroatoms. The number of benzene rings is 1. The maximum atomic E-state index is 13.2. The van der Waals surface area contributed by atoms with E-state index in [1.54, 1.807) is 11.6 Å².